The molecule has 3 aromatic rings. The van der Waals surface area contributed by atoms with E-state index in [0.29, 0.717) is 34.0 Å². The molecule has 1 aliphatic heterocycles. The minimum absolute atomic E-state index is 0.255. The van der Waals surface area contributed by atoms with E-state index < -0.39 is 0 Å². The molecule has 0 spiro atoms. The van der Waals surface area contributed by atoms with Crippen molar-refractivity contribution in [3.8, 4) is 5.75 Å². The fraction of sp³-hybridized carbons (Fsp3) is 0.0833. The number of ether oxygens (including phenoxy) is 1. The number of carbonyl (C=O) groups excluding carboxylic acids is 1. The minimum atomic E-state index is -0.273. The molecule has 0 saturated carbocycles. The zero-order chi connectivity index (χ0) is 21.6. The van der Waals surface area contributed by atoms with Gasteiger partial charge in [0.2, 0.25) is 0 Å². The van der Waals surface area contributed by atoms with Gasteiger partial charge in [0.15, 0.2) is 5.17 Å². The van der Waals surface area contributed by atoms with Gasteiger partial charge in [-0.25, -0.2) is 9.38 Å². The Morgan fingerprint density at radius 1 is 1.03 bits per heavy atom. The average molecular weight is 453 g/mol. The van der Waals surface area contributed by atoms with Crippen LogP contribution in [0, 0.1) is 5.82 Å². The van der Waals surface area contributed by atoms with Crippen molar-refractivity contribution in [2.45, 2.75) is 12.4 Å². The fourth-order valence-electron chi connectivity index (χ4n) is 2.85. The zero-order valence-electron chi connectivity index (χ0n) is 16.3. The number of benzene rings is 3. The van der Waals surface area contributed by atoms with Crippen molar-refractivity contribution in [2.24, 2.45) is 4.99 Å². The summed E-state index contributed by atoms with van der Waals surface area (Å²) in [7, 11) is 0. The van der Waals surface area contributed by atoms with E-state index in [1.165, 1.54) is 23.9 Å². The standard InChI is InChI=1S/C24H18ClFN2O2S/c25-19-8-4-16(5-9-19)14-30-21-3-1-2-18(12-21)13-22-23(29)28-24(27-22)31-15-17-6-10-20(26)11-7-17/h1-13H,14-15H2,(H,27,28,29)/b22-13+. The van der Waals surface area contributed by atoms with Gasteiger partial charge >= 0.3 is 0 Å². The number of nitrogens with one attached hydrogen (secondary N) is 1. The zero-order valence-corrected chi connectivity index (χ0v) is 17.9. The largest absolute Gasteiger partial charge is 0.489 e. The van der Waals surface area contributed by atoms with Gasteiger partial charge in [0.1, 0.15) is 23.9 Å². The molecule has 0 fully saturated rings. The van der Waals surface area contributed by atoms with Crippen molar-refractivity contribution in [3.05, 3.63) is 106 Å². The van der Waals surface area contributed by atoms with E-state index in [4.69, 9.17) is 16.3 Å². The maximum Gasteiger partial charge on any atom is 0.275 e. The average Bonchev–Trinajstić information content (AvgIpc) is 3.12. The van der Waals surface area contributed by atoms with Gasteiger partial charge in [0, 0.05) is 10.8 Å². The number of rotatable bonds is 6. The van der Waals surface area contributed by atoms with E-state index in [9.17, 15) is 9.18 Å². The van der Waals surface area contributed by atoms with Crippen molar-refractivity contribution in [3.63, 3.8) is 0 Å². The fourth-order valence-corrected chi connectivity index (χ4v) is 3.80. The molecule has 0 unspecified atom stereocenters. The molecule has 1 aliphatic rings. The monoisotopic (exact) mass is 452 g/mol. The van der Waals surface area contributed by atoms with Gasteiger partial charge in [0.25, 0.3) is 5.91 Å². The molecule has 0 radical (unpaired) electrons. The summed E-state index contributed by atoms with van der Waals surface area (Å²) in [6.07, 6.45) is 1.72. The highest BCUT2D eigenvalue weighted by molar-refractivity contribution is 8.13. The van der Waals surface area contributed by atoms with Crippen LogP contribution in [0.5, 0.6) is 5.75 Å². The van der Waals surface area contributed by atoms with E-state index in [0.717, 1.165) is 16.7 Å². The molecule has 1 heterocycles. The van der Waals surface area contributed by atoms with Crippen LogP contribution in [0.2, 0.25) is 5.02 Å². The Morgan fingerprint density at radius 3 is 2.55 bits per heavy atom. The number of hydrogen-bond donors (Lipinski definition) is 1. The molecule has 1 N–H and O–H groups in total. The summed E-state index contributed by atoms with van der Waals surface area (Å²) in [6.45, 7) is 0.417. The number of thioether (sulfide) groups is 1. The Labute approximate surface area is 188 Å². The summed E-state index contributed by atoms with van der Waals surface area (Å²) in [5, 5.41) is 3.97. The number of nitrogens with zero attached hydrogens (tertiary/aromatic N) is 1. The molecule has 7 heteroatoms. The van der Waals surface area contributed by atoms with Crippen LogP contribution < -0.4 is 10.1 Å². The highest BCUT2D eigenvalue weighted by Crippen LogP contribution is 2.22. The van der Waals surface area contributed by atoms with Crippen LogP contribution in [-0.2, 0) is 17.2 Å². The van der Waals surface area contributed by atoms with Gasteiger partial charge in [-0.05, 0) is 59.2 Å². The second kappa shape index (κ2) is 9.81. The molecule has 0 bridgehead atoms. The van der Waals surface area contributed by atoms with Crippen molar-refractivity contribution in [2.75, 3.05) is 0 Å². The molecule has 0 aliphatic carbocycles. The first-order valence-corrected chi connectivity index (χ1v) is 10.9. The number of halogens is 2. The molecular weight excluding hydrogens is 435 g/mol. The van der Waals surface area contributed by atoms with Gasteiger partial charge in [-0.3, -0.25) is 10.1 Å². The Kier molecular flexibility index (Phi) is 6.70. The Hall–Kier alpha value is -3.09. The van der Waals surface area contributed by atoms with E-state index >= 15 is 0 Å². The highest BCUT2D eigenvalue weighted by atomic mass is 35.5. The second-order valence-electron chi connectivity index (χ2n) is 6.80. The Morgan fingerprint density at radius 2 is 1.77 bits per heavy atom. The van der Waals surface area contributed by atoms with Crippen LogP contribution in [0.3, 0.4) is 0 Å². The lowest BCUT2D eigenvalue weighted by Crippen LogP contribution is -2.21. The lowest BCUT2D eigenvalue weighted by molar-refractivity contribution is -0.115. The lowest BCUT2D eigenvalue weighted by atomic mass is 10.2. The summed E-state index contributed by atoms with van der Waals surface area (Å²) in [5.41, 5.74) is 3.10. The van der Waals surface area contributed by atoms with Gasteiger partial charge in [0.05, 0.1) is 0 Å². The van der Waals surface area contributed by atoms with Gasteiger partial charge in [-0.15, -0.1) is 0 Å². The summed E-state index contributed by atoms with van der Waals surface area (Å²) < 4.78 is 18.8. The quantitative estimate of drug-likeness (QED) is 0.479. The molecule has 3 aromatic carbocycles. The Balaban J connectivity index is 1.40. The van der Waals surface area contributed by atoms with E-state index in [2.05, 4.69) is 10.3 Å². The summed E-state index contributed by atoms with van der Waals surface area (Å²) in [5.74, 6) is 0.747. The van der Waals surface area contributed by atoms with Crippen LogP contribution >= 0.6 is 23.4 Å². The van der Waals surface area contributed by atoms with Crippen LogP contribution in [0.15, 0.2) is 83.5 Å². The van der Waals surface area contributed by atoms with Gasteiger partial charge < -0.3 is 4.74 Å². The van der Waals surface area contributed by atoms with Crippen molar-refractivity contribution in [1.29, 1.82) is 0 Å². The van der Waals surface area contributed by atoms with Crippen LogP contribution in [-0.4, -0.2) is 11.1 Å². The Bertz CT molecular complexity index is 1150. The molecule has 4 nitrogen and oxygen atoms in total. The molecule has 4 rings (SSSR count). The van der Waals surface area contributed by atoms with E-state index in [-0.39, 0.29) is 11.7 Å². The van der Waals surface area contributed by atoms with E-state index in [1.54, 1.807) is 18.2 Å². The molecule has 0 aromatic heterocycles. The van der Waals surface area contributed by atoms with Gasteiger partial charge in [-0.2, -0.15) is 0 Å². The van der Waals surface area contributed by atoms with Gasteiger partial charge in [-0.1, -0.05) is 59.8 Å². The maximum atomic E-state index is 13.0. The number of carbonyl (C=O) groups is 1. The van der Waals surface area contributed by atoms with Crippen LogP contribution in [0.25, 0.3) is 6.08 Å². The molecular formula is C24H18ClFN2O2S. The van der Waals surface area contributed by atoms with Crippen molar-refractivity contribution >= 4 is 40.5 Å². The normalized spacial score (nSPS) is 14.5. The molecule has 1 amide bonds. The molecule has 0 atom stereocenters. The molecule has 0 saturated heterocycles. The minimum Gasteiger partial charge on any atom is -0.489 e. The lowest BCUT2D eigenvalue weighted by Gasteiger charge is -2.07. The third-order valence-corrected chi connectivity index (χ3v) is 5.64. The molecule has 156 valence electrons. The van der Waals surface area contributed by atoms with Crippen molar-refractivity contribution in [1.82, 2.24) is 5.32 Å². The number of amides is 1. The smallest absolute Gasteiger partial charge is 0.275 e. The number of aliphatic imine (C=N–C) groups is 1. The van der Waals surface area contributed by atoms with Crippen molar-refractivity contribution < 1.29 is 13.9 Å². The maximum absolute atomic E-state index is 13.0. The second-order valence-corrected chi connectivity index (χ2v) is 8.20. The highest BCUT2D eigenvalue weighted by Gasteiger charge is 2.20. The summed E-state index contributed by atoms with van der Waals surface area (Å²) in [4.78, 5) is 16.7. The first-order chi connectivity index (χ1) is 15.0. The number of hydrogen-bond acceptors (Lipinski definition) is 4. The number of amidine groups is 1. The third-order valence-electron chi connectivity index (χ3n) is 4.44. The predicted molar refractivity (Wildman–Crippen MR) is 123 cm³/mol. The SMILES string of the molecule is O=C1NC(SCc2ccc(F)cc2)=N/C1=C/c1cccc(OCc2ccc(Cl)cc2)c1. The predicted octanol–water partition coefficient (Wildman–Crippen LogP) is 5.82. The summed E-state index contributed by atoms with van der Waals surface area (Å²) in [6, 6.07) is 21.2. The first kappa shape index (κ1) is 21.2. The topological polar surface area (TPSA) is 50.7 Å². The van der Waals surface area contributed by atoms with Crippen LogP contribution in [0.4, 0.5) is 4.39 Å². The summed E-state index contributed by atoms with van der Waals surface area (Å²) >= 11 is 7.30. The third kappa shape index (κ3) is 5.96. The first-order valence-electron chi connectivity index (χ1n) is 9.51. The molecule has 31 heavy (non-hydrogen) atoms. The van der Waals surface area contributed by atoms with Crippen LogP contribution in [0.1, 0.15) is 16.7 Å². The van der Waals surface area contributed by atoms with E-state index in [1.807, 2.05) is 48.5 Å².